The predicted molar refractivity (Wildman–Crippen MR) is 110 cm³/mol. The number of aromatic amines is 1. The van der Waals surface area contributed by atoms with Gasteiger partial charge in [0, 0.05) is 33.2 Å². The largest absolute Gasteiger partial charge is 0.486 e. The molecular formula is C20H13ClN4O2S. The number of nitrogens with zero attached hydrogens (tertiary/aromatic N) is 3. The third kappa shape index (κ3) is 2.47. The van der Waals surface area contributed by atoms with Crippen molar-refractivity contribution in [3.05, 3.63) is 53.8 Å². The normalized spacial score (nSPS) is 13.5. The van der Waals surface area contributed by atoms with Gasteiger partial charge in [0.15, 0.2) is 11.5 Å². The minimum absolute atomic E-state index is 0.564. The highest BCUT2D eigenvalue weighted by molar-refractivity contribution is 7.20. The molecule has 6 rings (SSSR count). The van der Waals surface area contributed by atoms with Gasteiger partial charge in [-0.25, -0.2) is 9.50 Å². The molecule has 0 atom stereocenters. The maximum absolute atomic E-state index is 6.16. The minimum Gasteiger partial charge on any atom is -0.486 e. The van der Waals surface area contributed by atoms with E-state index >= 15 is 0 Å². The first-order valence-electron chi connectivity index (χ1n) is 8.78. The molecule has 0 radical (unpaired) electrons. The molecule has 1 N–H and O–H groups in total. The molecule has 0 unspecified atom stereocenters. The van der Waals surface area contributed by atoms with Crippen molar-refractivity contribution in [2.24, 2.45) is 0 Å². The van der Waals surface area contributed by atoms with Crippen molar-refractivity contribution in [2.75, 3.05) is 13.2 Å². The Bertz CT molecular complexity index is 1320. The fraction of sp³-hybridized carbons (Fsp3) is 0.100. The van der Waals surface area contributed by atoms with Crippen LogP contribution in [-0.4, -0.2) is 32.8 Å². The van der Waals surface area contributed by atoms with Crippen LogP contribution in [0.25, 0.3) is 37.7 Å². The monoisotopic (exact) mass is 408 g/mol. The van der Waals surface area contributed by atoms with E-state index in [4.69, 9.17) is 31.2 Å². The molecule has 0 amide bonds. The zero-order valence-electron chi connectivity index (χ0n) is 14.5. The van der Waals surface area contributed by atoms with Gasteiger partial charge in [-0.15, -0.1) is 0 Å². The van der Waals surface area contributed by atoms with Gasteiger partial charge < -0.3 is 14.5 Å². The molecule has 0 saturated heterocycles. The predicted octanol–water partition coefficient (Wildman–Crippen LogP) is 5.03. The van der Waals surface area contributed by atoms with Crippen molar-refractivity contribution >= 4 is 38.8 Å². The Morgan fingerprint density at radius 1 is 1.07 bits per heavy atom. The number of imidazole rings is 1. The highest BCUT2D eigenvalue weighted by atomic mass is 35.5. The highest BCUT2D eigenvalue weighted by Gasteiger charge is 2.17. The zero-order valence-corrected chi connectivity index (χ0v) is 16.0. The van der Waals surface area contributed by atoms with Crippen LogP contribution in [0.2, 0.25) is 5.02 Å². The number of ether oxygens (including phenoxy) is 2. The summed E-state index contributed by atoms with van der Waals surface area (Å²) in [5.41, 5.74) is 3.88. The average molecular weight is 409 g/mol. The van der Waals surface area contributed by atoms with Crippen LogP contribution in [0, 0.1) is 0 Å². The van der Waals surface area contributed by atoms with Gasteiger partial charge in [0.25, 0.3) is 0 Å². The van der Waals surface area contributed by atoms with Crippen LogP contribution in [0.15, 0.2) is 48.8 Å². The van der Waals surface area contributed by atoms with Crippen LogP contribution in [0.4, 0.5) is 0 Å². The van der Waals surface area contributed by atoms with E-state index in [0.717, 1.165) is 49.2 Å². The third-order valence-corrected chi connectivity index (χ3v) is 5.95. The fourth-order valence-corrected chi connectivity index (χ4v) is 4.50. The van der Waals surface area contributed by atoms with Crippen LogP contribution < -0.4 is 9.47 Å². The number of aromatic nitrogens is 4. The Kier molecular flexibility index (Phi) is 3.41. The lowest BCUT2D eigenvalue weighted by Gasteiger charge is -2.18. The molecule has 0 saturated carbocycles. The van der Waals surface area contributed by atoms with E-state index in [0.29, 0.717) is 18.2 Å². The number of nitrogens with one attached hydrogen (secondary N) is 1. The number of fused-ring (bicyclic) bond motifs is 3. The summed E-state index contributed by atoms with van der Waals surface area (Å²) < 4.78 is 13.1. The number of halogens is 1. The maximum atomic E-state index is 6.16. The smallest absolute Gasteiger partial charge is 0.213 e. The molecule has 5 aromatic rings. The van der Waals surface area contributed by atoms with Crippen molar-refractivity contribution in [3.8, 4) is 33.3 Å². The maximum Gasteiger partial charge on any atom is 0.213 e. The first kappa shape index (κ1) is 16.0. The molecule has 0 spiro atoms. The molecular weight excluding hydrogens is 396 g/mol. The van der Waals surface area contributed by atoms with Crippen molar-refractivity contribution in [1.82, 2.24) is 19.6 Å². The van der Waals surface area contributed by atoms with E-state index in [1.54, 1.807) is 11.3 Å². The van der Waals surface area contributed by atoms with E-state index in [-0.39, 0.29) is 0 Å². The summed E-state index contributed by atoms with van der Waals surface area (Å²) >= 11 is 7.71. The SMILES string of the molecule is Clc1ccc2[nH]cc(-c3nn4cc(-c5ccc6c(c5)OCCO6)nc4s3)c2c1. The minimum atomic E-state index is 0.564. The van der Waals surface area contributed by atoms with Crippen LogP contribution in [-0.2, 0) is 0 Å². The summed E-state index contributed by atoms with van der Waals surface area (Å²) in [6, 6.07) is 11.7. The molecule has 6 nitrogen and oxygen atoms in total. The van der Waals surface area contributed by atoms with Crippen molar-refractivity contribution in [2.45, 2.75) is 0 Å². The topological polar surface area (TPSA) is 64.4 Å². The summed E-state index contributed by atoms with van der Waals surface area (Å²) in [6.07, 6.45) is 3.89. The number of rotatable bonds is 2. The summed E-state index contributed by atoms with van der Waals surface area (Å²) in [5, 5.41) is 7.37. The van der Waals surface area contributed by atoms with E-state index in [1.807, 2.05) is 53.3 Å². The molecule has 8 heteroatoms. The standard InChI is InChI=1S/C20H13ClN4O2S/c21-12-2-3-15-13(8-12)14(9-22-15)19-24-25-10-16(23-20(25)28-19)11-1-4-17-18(7-11)27-6-5-26-17/h1-4,7-10,22H,5-6H2. The molecule has 0 fully saturated rings. The first-order valence-corrected chi connectivity index (χ1v) is 9.97. The van der Waals surface area contributed by atoms with Gasteiger partial charge in [-0.1, -0.05) is 22.9 Å². The van der Waals surface area contributed by atoms with Crippen LogP contribution in [0.3, 0.4) is 0 Å². The summed E-state index contributed by atoms with van der Waals surface area (Å²) in [4.78, 5) is 8.85. The van der Waals surface area contributed by atoms with Gasteiger partial charge in [-0.05, 0) is 36.4 Å². The average Bonchev–Trinajstić information content (AvgIpc) is 3.39. The van der Waals surface area contributed by atoms with E-state index < -0.39 is 0 Å². The number of benzene rings is 2. The number of hydrogen-bond acceptors (Lipinski definition) is 5. The van der Waals surface area contributed by atoms with Crippen molar-refractivity contribution < 1.29 is 9.47 Å². The Labute approximate surface area is 168 Å². The van der Waals surface area contributed by atoms with Crippen LogP contribution >= 0.6 is 22.9 Å². The lowest BCUT2D eigenvalue weighted by molar-refractivity contribution is 0.171. The van der Waals surface area contributed by atoms with Gasteiger partial charge in [0.05, 0.1) is 11.9 Å². The Morgan fingerprint density at radius 3 is 2.86 bits per heavy atom. The van der Waals surface area contributed by atoms with Crippen molar-refractivity contribution in [1.29, 1.82) is 0 Å². The van der Waals surface area contributed by atoms with Gasteiger partial charge in [-0.2, -0.15) is 5.10 Å². The molecule has 28 heavy (non-hydrogen) atoms. The summed E-state index contributed by atoms with van der Waals surface area (Å²) in [7, 11) is 0. The zero-order chi connectivity index (χ0) is 18.7. The summed E-state index contributed by atoms with van der Waals surface area (Å²) in [5.74, 6) is 1.53. The number of H-pyrrole nitrogens is 1. The number of hydrogen-bond donors (Lipinski definition) is 1. The van der Waals surface area contributed by atoms with Gasteiger partial charge in [0.2, 0.25) is 4.96 Å². The van der Waals surface area contributed by atoms with Crippen LogP contribution in [0.1, 0.15) is 0 Å². The Hall–Kier alpha value is -3.03. The van der Waals surface area contributed by atoms with Crippen LogP contribution in [0.5, 0.6) is 11.5 Å². The van der Waals surface area contributed by atoms with Crippen molar-refractivity contribution in [3.63, 3.8) is 0 Å². The van der Waals surface area contributed by atoms with Gasteiger partial charge in [-0.3, -0.25) is 0 Å². The van der Waals surface area contributed by atoms with E-state index in [2.05, 4.69) is 4.98 Å². The lowest BCUT2D eigenvalue weighted by atomic mass is 10.1. The van der Waals surface area contributed by atoms with E-state index in [1.165, 1.54) is 0 Å². The second kappa shape index (κ2) is 5.98. The molecule has 138 valence electrons. The first-order chi connectivity index (χ1) is 13.7. The Balaban J connectivity index is 1.41. The molecule has 0 bridgehead atoms. The fourth-order valence-electron chi connectivity index (χ4n) is 3.42. The molecule has 1 aliphatic rings. The van der Waals surface area contributed by atoms with E-state index in [9.17, 15) is 0 Å². The molecule has 4 heterocycles. The molecule has 2 aromatic carbocycles. The van der Waals surface area contributed by atoms with Gasteiger partial charge >= 0.3 is 0 Å². The third-order valence-electron chi connectivity index (χ3n) is 4.76. The second-order valence-corrected chi connectivity index (χ2v) is 7.90. The highest BCUT2D eigenvalue weighted by Crippen LogP contribution is 2.36. The quantitative estimate of drug-likeness (QED) is 0.445. The lowest BCUT2D eigenvalue weighted by Crippen LogP contribution is -2.15. The molecule has 1 aliphatic heterocycles. The molecule has 0 aliphatic carbocycles. The second-order valence-electron chi connectivity index (χ2n) is 6.51. The van der Waals surface area contributed by atoms with Gasteiger partial charge in [0.1, 0.15) is 18.2 Å². The Morgan fingerprint density at radius 2 is 1.96 bits per heavy atom. The summed E-state index contributed by atoms with van der Waals surface area (Å²) in [6.45, 7) is 1.15. The molecule has 3 aromatic heterocycles.